The summed E-state index contributed by atoms with van der Waals surface area (Å²) >= 11 is 6.05. The summed E-state index contributed by atoms with van der Waals surface area (Å²) in [5.74, 6) is -0.889. The molecule has 1 amide bonds. The van der Waals surface area contributed by atoms with E-state index in [4.69, 9.17) is 21.5 Å². The zero-order valence-corrected chi connectivity index (χ0v) is 20.5. The van der Waals surface area contributed by atoms with E-state index in [1.807, 2.05) is 35.0 Å². The van der Waals surface area contributed by atoms with Gasteiger partial charge in [-0.2, -0.15) is 5.10 Å². The van der Waals surface area contributed by atoms with E-state index >= 15 is 0 Å². The Bertz CT molecular complexity index is 1040. The van der Waals surface area contributed by atoms with Gasteiger partial charge in [0.25, 0.3) is 0 Å². The summed E-state index contributed by atoms with van der Waals surface area (Å²) in [6, 6.07) is 16.0. The normalized spacial score (nSPS) is 12.9. The van der Waals surface area contributed by atoms with Gasteiger partial charge in [-0.15, -0.1) is 0 Å². The van der Waals surface area contributed by atoms with E-state index in [1.54, 1.807) is 30.9 Å². The molecule has 0 saturated carbocycles. The molecule has 1 heterocycles. The molecule has 188 valence electrons. The molecule has 0 bridgehead atoms. The fourth-order valence-corrected chi connectivity index (χ4v) is 4.24. The van der Waals surface area contributed by atoms with Crippen LogP contribution in [0.3, 0.4) is 0 Å². The monoisotopic (exact) mass is 502 g/mol. The molecule has 0 aliphatic heterocycles. The minimum atomic E-state index is -0.503. The van der Waals surface area contributed by atoms with Gasteiger partial charge in [-0.1, -0.05) is 35.9 Å². The minimum Gasteiger partial charge on any atom is -0.380 e. The summed E-state index contributed by atoms with van der Waals surface area (Å²) in [5, 5.41) is 17.6. The van der Waals surface area contributed by atoms with Gasteiger partial charge in [-0.25, -0.2) is 9.87 Å². The highest BCUT2D eigenvalue weighted by molar-refractivity contribution is 6.30. The number of carbonyl (C=O) groups excluding carboxylic acids is 1. The summed E-state index contributed by atoms with van der Waals surface area (Å²) in [7, 11) is 1.57. The summed E-state index contributed by atoms with van der Waals surface area (Å²) in [4.78, 5) is 11.9. The Balaban J connectivity index is 1.61. The lowest BCUT2D eigenvalue weighted by Crippen LogP contribution is -2.32. The predicted octanol–water partition coefficient (Wildman–Crippen LogP) is 4.48. The maximum atomic E-state index is 13.0. The number of hydrogen-bond acceptors (Lipinski definition) is 5. The Labute approximate surface area is 210 Å². The average molecular weight is 503 g/mol. The number of methoxy groups -OCH3 is 1. The van der Waals surface area contributed by atoms with E-state index in [2.05, 4.69) is 10.4 Å². The number of aryl methyl sites for hydroxylation is 1. The van der Waals surface area contributed by atoms with Gasteiger partial charge in [0.2, 0.25) is 5.91 Å². The fraction of sp³-hybridized carbons (Fsp3) is 0.385. The SMILES string of the molecule is CO[C@H](CC(=O)NO)[C@H](Cc1ccc(Cl)cc1)c1ccnn1CCCCNCc1ccc(F)cc1. The molecule has 9 heteroatoms. The highest BCUT2D eigenvalue weighted by atomic mass is 35.5. The smallest absolute Gasteiger partial charge is 0.245 e. The summed E-state index contributed by atoms with van der Waals surface area (Å²) in [6.07, 6.45) is 3.81. The average Bonchev–Trinajstić information content (AvgIpc) is 3.33. The Kier molecular flexibility index (Phi) is 10.7. The molecule has 0 aliphatic rings. The standard InChI is InChI=1S/C26H32ClFN4O3/c1-35-25(17-26(33)31-34)23(16-19-4-8-21(27)9-5-19)24-12-14-30-32(24)15-3-2-13-29-18-20-6-10-22(28)11-7-20/h4-12,14,23,25,29,34H,2-3,13,15-18H2,1H3,(H,31,33)/t23-,25-/m1/s1. The van der Waals surface area contributed by atoms with E-state index in [-0.39, 0.29) is 18.2 Å². The molecule has 35 heavy (non-hydrogen) atoms. The second-order valence-corrected chi connectivity index (χ2v) is 8.88. The molecule has 1 aromatic heterocycles. The largest absolute Gasteiger partial charge is 0.380 e. The molecule has 3 aromatic rings. The highest BCUT2D eigenvalue weighted by Crippen LogP contribution is 2.29. The fourth-order valence-electron chi connectivity index (χ4n) is 4.11. The van der Waals surface area contributed by atoms with Gasteiger partial charge >= 0.3 is 0 Å². The number of unbranched alkanes of at least 4 members (excludes halogenated alkanes) is 1. The van der Waals surface area contributed by atoms with Gasteiger partial charge in [0.05, 0.1) is 12.5 Å². The third kappa shape index (κ3) is 8.43. The zero-order valence-electron chi connectivity index (χ0n) is 19.8. The molecule has 7 nitrogen and oxygen atoms in total. The second-order valence-electron chi connectivity index (χ2n) is 8.44. The molecule has 0 spiro atoms. The molecular weight excluding hydrogens is 471 g/mol. The van der Waals surface area contributed by atoms with Gasteiger partial charge < -0.3 is 10.1 Å². The lowest BCUT2D eigenvalue weighted by molar-refractivity contribution is -0.132. The molecule has 3 N–H and O–H groups in total. The number of hydrogen-bond donors (Lipinski definition) is 3. The number of halogens is 2. The van der Waals surface area contributed by atoms with Crippen LogP contribution >= 0.6 is 11.6 Å². The van der Waals surface area contributed by atoms with E-state index in [0.717, 1.165) is 42.8 Å². The first-order valence-electron chi connectivity index (χ1n) is 11.7. The number of hydroxylamine groups is 1. The quantitative estimate of drug-likeness (QED) is 0.172. The number of rotatable bonds is 14. The Hall–Kier alpha value is -2.78. The molecule has 2 atom stereocenters. The number of nitrogens with one attached hydrogen (secondary N) is 2. The van der Waals surface area contributed by atoms with Crippen LogP contribution in [0.15, 0.2) is 60.8 Å². The molecule has 0 aliphatic carbocycles. The van der Waals surface area contributed by atoms with Crippen LogP contribution in [0.2, 0.25) is 5.02 Å². The molecular formula is C26H32ClFN4O3. The highest BCUT2D eigenvalue weighted by Gasteiger charge is 2.28. The van der Waals surface area contributed by atoms with E-state index < -0.39 is 12.0 Å². The van der Waals surface area contributed by atoms with E-state index in [9.17, 15) is 9.18 Å². The van der Waals surface area contributed by atoms with Crippen LogP contribution in [0.1, 0.15) is 42.0 Å². The molecule has 0 fully saturated rings. The van der Waals surface area contributed by atoms with Gasteiger partial charge in [-0.3, -0.25) is 14.7 Å². The van der Waals surface area contributed by atoms with Crippen molar-refractivity contribution in [2.45, 2.75) is 50.8 Å². The molecule has 3 rings (SSSR count). The topological polar surface area (TPSA) is 88.4 Å². The van der Waals surface area contributed by atoms with Crippen molar-refractivity contribution in [3.63, 3.8) is 0 Å². The maximum Gasteiger partial charge on any atom is 0.245 e. The van der Waals surface area contributed by atoms with Crippen LogP contribution in [0, 0.1) is 5.82 Å². The Morgan fingerprint density at radius 2 is 1.83 bits per heavy atom. The van der Waals surface area contributed by atoms with Crippen LogP contribution in [-0.2, 0) is 29.0 Å². The molecule has 0 unspecified atom stereocenters. The molecule has 0 radical (unpaired) electrons. The van der Waals surface area contributed by atoms with Crippen molar-refractivity contribution in [1.82, 2.24) is 20.6 Å². The van der Waals surface area contributed by atoms with Crippen LogP contribution in [0.5, 0.6) is 0 Å². The first kappa shape index (κ1) is 26.8. The van der Waals surface area contributed by atoms with Crippen molar-refractivity contribution in [1.29, 1.82) is 0 Å². The summed E-state index contributed by atoms with van der Waals surface area (Å²) < 4.78 is 20.7. The van der Waals surface area contributed by atoms with E-state index in [1.165, 1.54) is 12.1 Å². The lowest BCUT2D eigenvalue weighted by Gasteiger charge is -2.26. The first-order chi connectivity index (χ1) is 17.0. The number of carbonyl (C=O) groups is 1. The maximum absolute atomic E-state index is 13.0. The second kappa shape index (κ2) is 13.9. The minimum absolute atomic E-state index is 0.0176. The zero-order chi connectivity index (χ0) is 25.0. The van der Waals surface area contributed by atoms with Crippen LogP contribution < -0.4 is 10.8 Å². The van der Waals surface area contributed by atoms with Crippen molar-refractivity contribution in [2.24, 2.45) is 0 Å². The first-order valence-corrected chi connectivity index (χ1v) is 12.0. The number of aromatic nitrogens is 2. The number of benzene rings is 2. The van der Waals surface area contributed by atoms with Gasteiger partial charge in [0.15, 0.2) is 0 Å². The Morgan fingerprint density at radius 3 is 2.51 bits per heavy atom. The third-order valence-electron chi connectivity index (χ3n) is 5.98. The van der Waals surface area contributed by atoms with Crippen molar-refractivity contribution in [3.8, 4) is 0 Å². The van der Waals surface area contributed by atoms with Crippen molar-refractivity contribution in [2.75, 3.05) is 13.7 Å². The van der Waals surface area contributed by atoms with Crippen molar-refractivity contribution < 1.29 is 19.1 Å². The molecule has 2 aromatic carbocycles. The van der Waals surface area contributed by atoms with Crippen LogP contribution in [0.25, 0.3) is 0 Å². The summed E-state index contributed by atoms with van der Waals surface area (Å²) in [6.45, 7) is 2.25. The van der Waals surface area contributed by atoms with Gasteiger partial charge in [-0.05, 0) is 67.3 Å². The third-order valence-corrected chi connectivity index (χ3v) is 6.23. The lowest BCUT2D eigenvalue weighted by atomic mass is 9.89. The van der Waals surface area contributed by atoms with Crippen LogP contribution in [-0.4, -0.2) is 40.7 Å². The summed E-state index contributed by atoms with van der Waals surface area (Å²) in [5.41, 5.74) is 4.77. The predicted molar refractivity (Wildman–Crippen MR) is 133 cm³/mol. The molecule has 0 saturated heterocycles. The van der Waals surface area contributed by atoms with Gasteiger partial charge in [0.1, 0.15) is 5.82 Å². The number of nitrogens with zero attached hydrogens (tertiary/aromatic N) is 2. The van der Waals surface area contributed by atoms with Crippen LogP contribution in [0.4, 0.5) is 4.39 Å². The number of amides is 1. The van der Waals surface area contributed by atoms with E-state index in [0.29, 0.717) is 18.0 Å². The number of ether oxygens (including phenoxy) is 1. The van der Waals surface area contributed by atoms with Gasteiger partial charge in [0, 0.05) is 43.0 Å². The van der Waals surface area contributed by atoms with Crippen molar-refractivity contribution in [3.05, 3.63) is 88.5 Å². The van der Waals surface area contributed by atoms with Crippen molar-refractivity contribution >= 4 is 17.5 Å². The Morgan fingerprint density at radius 1 is 1.11 bits per heavy atom.